The first-order valence-corrected chi connectivity index (χ1v) is 12.6. The highest BCUT2D eigenvalue weighted by Gasteiger charge is 2.66. The summed E-state index contributed by atoms with van der Waals surface area (Å²) >= 11 is 16.6. The number of likely N-dealkylation sites (tertiary alicyclic amines) is 1. The van der Waals surface area contributed by atoms with E-state index in [1.807, 2.05) is 0 Å². The average Bonchev–Trinajstić information content (AvgIpc) is 3.31. The van der Waals surface area contributed by atoms with Crippen LogP contribution in [0.25, 0.3) is 0 Å². The Morgan fingerprint density at radius 1 is 1.16 bits per heavy atom. The van der Waals surface area contributed by atoms with Crippen LogP contribution in [-0.2, 0) is 23.9 Å². The number of amides is 3. The van der Waals surface area contributed by atoms with Gasteiger partial charge in [-0.1, -0.05) is 43.5 Å². The number of alkyl halides is 2. The molecule has 1 saturated heterocycles. The Bertz CT molecular complexity index is 958. The maximum absolute atomic E-state index is 12.8. The Balaban J connectivity index is 1.33. The van der Waals surface area contributed by atoms with E-state index in [9.17, 15) is 19.2 Å². The number of carbonyl (C=O) groups is 4. The minimum atomic E-state index is -0.805. The lowest BCUT2D eigenvalue weighted by atomic mass is 9.81. The molecule has 3 amide bonds. The van der Waals surface area contributed by atoms with E-state index in [2.05, 4.69) is 53.1 Å². The Labute approximate surface area is 208 Å². The van der Waals surface area contributed by atoms with E-state index in [1.54, 1.807) is 19.1 Å². The third-order valence-electron chi connectivity index (χ3n) is 6.27. The molecule has 166 valence electrons. The van der Waals surface area contributed by atoms with Crippen LogP contribution in [0.3, 0.4) is 0 Å². The quantitative estimate of drug-likeness (QED) is 0.301. The molecule has 0 unspecified atom stereocenters. The van der Waals surface area contributed by atoms with E-state index in [4.69, 9.17) is 16.3 Å². The number of nitrogens with zero attached hydrogens (tertiary/aromatic N) is 1. The molecule has 31 heavy (non-hydrogen) atoms. The molecular formula is C20H18Br3ClN2O5. The second-order valence-corrected chi connectivity index (χ2v) is 11.4. The summed E-state index contributed by atoms with van der Waals surface area (Å²) in [5.41, 5.74) is 1.27. The van der Waals surface area contributed by atoms with Gasteiger partial charge in [-0.2, -0.15) is 0 Å². The van der Waals surface area contributed by atoms with Crippen LogP contribution in [0.15, 0.2) is 16.6 Å². The SMILES string of the molecule is Cc1cc(Br)c(Cl)cc1NC(=O)COC(=O)CN1C(=O)[C@@H]2[C@H]3C[C@@H]([C@H](Br)[C@H]3Br)[C@@H]2C1=O. The summed E-state index contributed by atoms with van der Waals surface area (Å²) in [5.74, 6) is -2.64. The van der Waals surface area contributed by atoms with E-state index in [1.165, 1.54) is 0 Å². The summed E-state index contributed by atoms with van der Waals surface area (Å²) in [7, 11) is 0. The molecule has 1 aromatic rings. The van der Waals surface area contributed by atoms with Gasteiger partial charge in [0.25, 0.3) is 5.91 Å². The third-order valence-corrected chi connectivity index (χ3v) is 10.7. The van der Waals surface area contributed by atoms with Crippen LogP contribution in [0, 0.1) is 30.6 Å². The van der Waals surface area contributed by atoms with Crippen LogP contribution >= 0.6 is 59.4 Å². The monoisotopic (exact) mass is 638 g/mol. The molecule has 3 fully saturated rings. The van der Waals surface area contributed by atoms with Crippen LogP contribution in [0.5, 0.6) is 0 Å². The Morgan fingerprint density at radius 2 is 1.74 bits per heavy atom. The average molecular weight is 642 g/mol. The number of esters is 1. The molecule has 0 spiro atoms. The van der Waals surface area contributed by atoms with Crippen molar-refractivity contribution in [1.82, 2.24) is 4.90 Å². The molecule has 1 aromatic carbocycles. The van der Waals surface area contributed by atoms with Crippen LogP contribution in [0.1, 0.15) is 12.0 Å². The molecule has 1 aliphatic heterocycles. The summed E-state index contributed by atoms with van der Waals surface area (Å²) in [5, 5.41) is 3.06. The number of nitrogens with one attached hydrogen (secondary N) is 1. The number of rotatable bonds is 5. The zero-order valence-corrected chi connectivity index (χ0v) is 21.8. The first-order chi connectivity index (χ1) is 14.6. The maximum Gasteiger partial charge on any atom is 0.326 e. The number of benzene rings is 1. The van der Waals surface area contributed by atoms with Gasteiger partial charge in [-0.05, 0) is 58.8 Å². The van der Waals surface area contributed by atoms with Crippen molar-refractivity contribution in [2.24, 2.45) is 23.7 Å². The van der Waals surface area contributed by atoms with E-state index < -0.39 is 36.9 Å². The van der Waals surface area contributed by atoms with Gasteiger partial charge in [-0.25, -0.2) is 0 Å². The molecule has 2 aliphatic carbocycles. The summed E-state index contributed by atoms with van der Waals surface area (Å²) in [6.45, 7) is 0.778. The lowest BCUT2D eigenvalue weighted by molar-refractivity contribution is -0.154. The number of imide groups is 1. The maximum atomic E-state index is 12.8. The summed E-state index contributed by atoms with van der Waals surface area (Å²) in [4.78, 5) is 51.3. The van der Waals surface area contributed by atoms with Crippen LogP contribution in [-0.4, -0.2) is 51.4 Å². The van der Waals surface area contributed by atoms with Gasteiger partial charge in [0.05, 0.1) is 16.9 Å². The second kappa shape index (κ2) is 8.76. The number of hydrogen-bond donors (Lipinski definition) is 1. The molecule has 0 radical (unpaired) electrons. The van der Waals surface area contributed by atoms with Crippen molar-refractivity contribution in [3.05, 3.63) is 27.2 Å². The number of fused-ring (bicyclic) bond motifs is 5. The van der Waals surface area contributed by atoms with Crippen LogP contribution < -0.4 is 5.32 Å². The fourth-order valence-electron chi connectivity index (χ4n) is 4.85. The minimum Gasteiger partial charge on any atom is -0.454 e. The Kier molecular flexibility index (Phi) is 6.55. The number of ether oxygens (including phenoxy) is 1. The molecule has 1 N–H and O–H groups in total. The second-order valence-electron chi connectivity index (χ2n) is 8.06. The lowest BCUT2D eigenvalue weighted by Gasteiger charge is -2.28. The molecule has 3 aliphatic rings. The van der Waals surface area contributed by atoms with Crippen LogP contribution in [0.2, 0.25) is 5.02 Å². The van der Waals surface area contributed by atoms with E-state index in [0.29, 0.717) is 15.2 Å². The van der Waals surface area contributed by atoms with E-state index >= 15 is 0 Å². The van der Waals surface area contributed by atoms with E-state index in [0.717, 1.165) is 16.9 Å². The molecule has 7 nitrogen and oxygen atoms in total. The molecule has 2 bridgehead atoms. The fourth-order valence-corrected chi connectivity index (χ4v) is 7.35. The van der Waals surface area contributed by atoms with Crippen molar-refractivity contribution in [3.8, 4) is 0 Å². The molecule has 4 rings (SSSR count). The molecule has 6 atom stereocenters. The zero-order chi connectivity index (χ0) is 22.6. The first kappa shape index (κ1) is 23.2. The largest absolute Gasteiger partial charge is 0.454 e. The highest BCUT2D eigenvalue weighted by atomic mass is 79.9. The fraction of sp³-hybridized carbons (Fsp3) is 0.500. The Hall–Kier alpha value is -0.970. The normalized spacial score (nSPS) is 31.2. The summed E-state index contributed by atoms with van der Waals surface area (Å²) < 4.78 is 5.70. The number of carbonyl (C=O) groups excluding carboxylic acids is 4. The standard InChI is InChI=1S/C20H18Br3ClN2O5/c1-7-2-10(21)11(24)4-12(7)25-13(27)6-31-14(28)5-26-19(29)15-8-3-9(16(15)20(26)30)18(23)17(8)22/h2,4,8-9,15-18H,3,5-6H2,1H3,(H,25,27)/t8-,9-,15-,16+,17+,18+/m1/s1. The predicted octanol–water partition coefficient (Wildman–Crippen LogP) is 3.67. The van der Waals surface area contributed by atoms with Gasteiger partial charge >= 0.3 is 5.97 Å². The van der Waals surface area contributed by atoms with E-state index in [-0.39, 0.29) is 33.3 Å². The number of hydrogen-bond acceptors (Lipinski definition) is 5. The minimum absolute atomic E-state index is 0.0728. The molecule has 2 saturated carbocycles. The molecule has 11 heteroatoms. The first-order valence-electron chi connectivity index (χ1n) is 9.64. The van der Waals surface area contributed by atoms with Crippen molar-refractivity contribution >= 4 is 88.8 Å². The van der Waals surface area contributed by atoms with Gasteiger partial charge in [0, 0.05) is 19.8 Å². The van der Waals surface area contributed by atoms with Crippen molar-refractivity contribution < 1.29 is 23.9 Å². The summed E-state index contributed by atoms with van der Waals surface area (Å²) in [6.07, 6.45) is 0.816. The highest BCUT2D eigenvalue weighted by Crippen LogP contribution is 2.60. The van der Waals surface area contributed by atoms with Gasteiger partial charge in [0.2, 0.25) is 11.8 Å². The number of aryl methyl sites for hydroxylation is 1. The van der Waals surface area contributed by atoms with Crippen LogP contribution in [0.4, 0.5) is 5.69 Å². The Morgan fingerprint density at radius 3 is 2.32 bits per heavy atom. The summed E-state index contributed by atoms with van der Waals surface area (Å²) in [6, 6.07) is 3.34. The van der Waals surface area contributed by atoms with Gasteiger partial charge in [0.1, 0.15) is 6.54 Å². The van der Waals surface area contributed by atoms with Crippen molar-refractivity contribution in [2.75, 3.05) is 18.5 Å². The number of halogens is 4. The van der Waals surface area contributed by atoms with Gasteiger partial charge in [-0.3, -0.25) is 24.1 Å². The van der Waals surface area contributed by atoms with Crippen molar-refractivity contribution in [1.29, 1.82) is 0 Å². The topological polar surface area (TPSA) is 92.8 Å². The zero-order valence-electron chi connectivity index (χ0n) is 16.2. The predicted molar refractivity (Wildman–Crippen MR) is 124 cm³/mol. The lowest BCUT2D eigenvalue weighted by Crippen LogP contribution is -2.38. The molecular weight excluding hydrogens is 623 g/mol. The van der Waals surface area contributed by atoms with Crippen molar-refractivity contribution in [3.63, 3.8) is 0 Å². The molecule has 0 aromatic heterocycles. The van der Waals surface area contributed by atoms with Gasteiger partial charge < -0.3 is 10.1 Å². The third kappa shape index (κ3) is 4.09. The van der Waals surface area contributed by atoms with Gasteiger partial charge in [0.15, 0.2) is 6.61 Å². The van der Waals surface area contributed by atoms with Gasteiger partial charge in [-0.15, -0.1) is 0 Å². The number of anilines is 1. The molecule has 1 heterocycles. The van der Waals surface area contributed by atoms with Crippen molar-refractivity contribution in [2.45, 2.75) is 23.0 Å². The highest BCUT2D eigenvalue weighted by molar-refractivity contribution is 9.12. The smallest absolute Gasteiger partial charge is 0.326 e.